The van der Waals surface area contributed by atoms with Crippen molar-refractivity contribution in [1.82, 2.24) is 15.5 Å². The summed E-state index contributed by atoms with van der Waals surface area (Å²) in [6.07, 6.45) is 5.36. The van der Waals surface area contributed by atoms with Gasteiger partial charge in [-0.25, -0.2) is 4.79 Å². The number of carboxylic acids is 1. The number of rotatable bonds is 15. The molecule has 1 aliphatic rings. The van der Waals surface area contributed by atoms with Crippen LogP contribution < -0.4 is 22.1 Å². The van der Waals surface area contributed by atoms with Crippen molar-refractivity contribution in [2.45, 2.75) is 69.1 Å². The van der Waals surface area contributed by atoms with E-state index >= 15 is 0 Å². The summed E-state index contributed by atoms with van der Waals surface area (Å²) in [4.78, 5) is 52.4. The molecule has 4 unspecified atom stereocenters. The first-order chi connectivity index (χ1) is 17.3. The predicted octanol–water partition coefficient (Wildman–Crippen LogP) is 0.484. The lowest BCUT2D eigenvalue weighted by Crippen LogP contribution is -2.57. The van der Waals surface area contributed by atoms with Gasteiger partial charge in [0.1, 0.15) is 18.1 Å². The van der Waals surface area contributed by atoms with Crippen molar-refractivity contribution < 1.29 is 24.3 Å². The number of benzene rings is 1. The van der Waals surface area contributed by atoms with E-state index in [1.807, 2.05) is 36.6 Å². The highest BCUT2D eigenvalue weighted by molar-refractivity contribution is 7.98. The van der Waals surface area contributed by atoms with Crippen molar-refractivity contribution in [3.05, 3.63) is 35.9 Å². The zero-order chi connectivity index (χ0) is 26.5. The van der Waals surface area contributed by atoms with Crippen LogP contribution in [0.4, 0.5) is 0 Å². The Morgan fingerprint density at radius 3 is 2.42 bits per heavy atom. The highest BCUT2D eigenvalue weighted by Gasteiger charge is 2.38. The molecular formula is C25H39N5O5S. The molecule has 1 aliphatic heterocycles. The molecule has 36 heavy (non-hydrogen) atoms. The number of likely N-dealkylation sites (tertiary alicyclic amines) is 1. The van der Waals surface area contributed by atoms with Gasteiger partial charge in [-0.05, 0) is 56.2 Å². The number of aliphatic carboxylic acids is 1. The Balaban J connectivity index is 2.18. The molecule has 0 bridgehead atoms. The first kappa shape index (κ1) is 29.6. The summed E-state index contributed by atoms with van der Waals surface area (Å²) in [5, 5.41) is 15.1. The van der Waals surface area contributed by atoms with Crippen LogP contribution in [0.15, 0.2) is 30.3 Å². The van der Waals surface area contributed by atoms with Crippen LogP contribution in [-0.2, 0) is 25.6 Å². The Labute approximate surface area is 216 Å². The topological polar surface area (TPSA) is 168 Å². The SMILES string of the molecule is CSCCC(NC(=O)C(N)CCCCN)C(=O)NC(Cc1ccccc1)C(=O)N1CCCC1C(=O)O. The second kappa shape index (κ2) is 15.5. The zero-order valence-corrected chi connectivity index (χ0v) is 21.7. The molecule has 11 heteroatoms. The van der Waals surface area contributed by atoms with Crippen molar-refractivity contribution in [3.63, 3.8) is 0 Å². The normalized spacial score (nSPS) is 17.8. The summed E-state index contributed by atoms with van der Waals surface area (Å²) >= 11 is 1.53. The molecule has 200 valence electrons. The first-order valence-electron chi connectivity index (χ1n) is 12.4. The van der Waals surface area contributed by atoms with Crippen LogP contribution in [0.5, 0.6) is 0 Å². The van der Waals surface area contributed by atoms with E-state index in [9.17, 15) is 24.3 Å². The first-order valence-corrected chi connectivity index (χ1v) is 13.8. The summed E-state index contributed by atoms with van der Waals surface area (Å²) in [6, 6.07) is 5.71. The van der Waals surface area contributed by atoms with E-state index in [-0.39, 0.29) is 6.42 Å². The van der Waals surface area contributed by atoms with E-state index in [0.717, 1.165) is 12.0 Å². The lowest BCUT2D eigenvalue weighted by molar-refractivity contribution is -0.149. The van der Waals surface area contributed by atoms with Gasteiger partial charge in [0.2, 0.25) is 17.7 Å². The number of carbonyl (C=O) groups excluding carboxylic acids is 3. The Kier molecular flexibility index (Phi) is 12.7. The number of nitrogens with zero attached hydrogens (tertiary/aromatic N) is 1. The lowest BCUT2D eigenvalue weighted by atomic mass is 10.0. The minimum Gasteiger partial charge on any atom is -0.480 e. The quantitative estimate of drug-likeness (QED) is 0.208. The number of carbonyl (C=O) groups is 4. The third-order valence-corrected chi connectivity index (χ3v) is 6.91. The molecule has 1 heterocycles. The smallest absolute Gasteiger partial charge is 0.326 e. The maximum atomic E-state index is 13.4. The summed E-state index contributed by atoms with van der Waals surface area (Å²) < 4.78 is 0. The summed E-state index contributed by atoms with van der Waals surface area (Å²) in [5.74, 6) is -1.80. The number of hydrogen-bond donors (Lipinski definition) is 5. The molecule has 2 rings (SSSR count). The fourth-order valence-corrected chi connectivity index (χ4v) is 4.70. The Bertz CT molecular complexity index is 872. The largest absolute Gasteiger partial charge is 0.480 e. The molecule has 10 nitrogen and oxygen atoms in total. The monoisotopic (exact) mass is 521 g/mol. The van der Waals surface area contributed by atoms with Crippen molar-refractivity contribution in [3.8, 4) is 0 Å². The number of amides is 3. The van der Waals surface area contributed by atoms with Crippen LogP contribution in [-0.4, -0.2) is 83.0 Å². The van der Waals surface area contributed by atoms with Gasteiger partial charge in [0.05, 0.1) is 6.04 Å². The number of nitrogens with two attached hydrogens (primary N) is 2. The van der Waals surface area contributed by atoms with E-state index in [1.54, 1.807) is 0 Å². The molecule has 0 aliphatic carbocycles. The van der Waals surface area contributed by atoms with Crippen LogP contribution >= 0.6 is 11.8 Å². The number of thioether (sulfide) groups is 1. The van der Waals surface area contributed by atoms with Crippen molar-refractivity contribution in [2.24, 2.45) is 11.5 Å². The zero-order valence-electron chi connectivity index (χ0n) is 20.9. The molecule has 0 saturated carbocycles. The molecule has 3 amide bonds. The molecule has 1 saturated heterocycles. The molecule has 1 fully saturated rings. The number of carboxylic acid groups (broad SMARTS) is 1. The Morgan fingerprint density at radius 2 is 1.78 bits per heavy atom. The maximum absolute atomic E-state index is 13.4. The maximum Gasteiger partial charge on any atom is 0.326 e. The van der Waals surface area contributed by atoms with Gasteiger partial charge in [-0.3, -0.25) is 14.4 Å². The molecule has 1 aromatic carbocycles. The van der Waals surface area contributed by atoms with Gasteiger partial charge in [0.25, 0.3) is 0 Å². The summed E-state index contributed by atoms with van der Waals surface area (Å²) in [7, 11) is 0. The minimum absolute atomic E-state index is 0.204. The molecule has 0 spiro atoms. The third-order valence-electron chi connectivity index (χ3n) is 6.27. The standard InChI is InChI=1S/C25H39N5O5S/c1-36-15-12-19(28-22(31)18(27)10-5-6-13-26)23(32)29-20(16-17-8-3-2-4-9-17)24(33)30-14-7-11-21(30)25(34)35/h2-4,8-9,18-21H,5-7,10-16,26-27H2,1H3,(H,28,31)(H,29,32)(H,34,35). The van der Waals surface area contributed by atoms with Crippen LogP contribution in [0.1, 0.15) is 44.1 Å². The fraction of sp³-hybridized carbons (Fsp3) is 0.600. The van der Waals surface area contributed by atoms with Gasteiger partial charge < -0.3 is 32.1 Å². The minimum atomic E-state index is -1.06. The van der Waals surface area contributed by atoms with Crippen molar-refractivity contribution >= 4 is 35.5 Å². The second-order valence-electron chi connectivity index (χ2n) is 9.01. The van der Waals surface area contributed by atoms with Gasteiger partial charge in [0.15, 0.2) is 0 Å². The van der Waals surface area contributed by atoms with Gasteiger partial charge in [-0.1, -0.05) is 36.8 Å². The molecule has 7 N–H and O–H groups in total. The molecule has 0 aromatic heterocycles. The van der Waals surface area contributed by atoms with Gasteiger partial charge in [-0.2, -0.15) is 11.8 Å². The van der Waals surface area contributed by atoms with Crippen LogP contribution in [0.3, 0.4) is 0 Å². The summed E-state index contributed by atoms with van der Waals surface area (Å²) in [6.45, 7) is 0.838. The lowest BCUT2D eigenvalue weighted by Gasteiger charge is -2.29. The van der Waals surface area contributed by atoms with E-state index < -0.39 is 47.9 Å². The molecule has 1 aromatic rings. The average molecular weight is 522 g/mol. The van der Waals surface area contributed by atoms with Gasteiger partial charge in [-0.15, -0.1) is 0 Å². The second-order valence-corrected chi connectivity index (χ2v) is 10.00. The number of hydrogen-bond acceptors (Lipinski definition) is 7. The highest BCUT2D eigenvalue weighted by atomic mass is 32.2. The Morgan fingerprint density at radius 1 is 1.08 bits per heavy atom. The van der Waals surface area contributed by atoms with E-state index in [2.05, 4.69) is 10.6 Å². The van der Waals surface area contributed by atoms with Crippen molar-refractivity contribution in [1.29, 1.82) is 0 Å². The number of unbranched alkanes of at least 4 members (excludes halogenated alkanes) is 1. The van der Waals surface area contributed by atoms with Crippen LogP contribution in [0.2, 0.25) is 0 Å². The fourth-order valence-electron chi connectivity index (χ4n) is 4.23. The average Bonchev–Trinajstić information content (AvgIpc) is 3.36. The van der Waals surface area contributed by atoms with Crippen molar-refractivity contribution in [2.75, 3.05) is 25.1 Å². The molecular weight excluding hydrogens is 482 g/mol. The van der Waals surface area contributed by atoms with Crippen LogP contribution in [0.25, 0.3) is 0 Å². The number of nitrogens with one attached hydrogen (secondary N) is 2. The summed E-state index contributed by atoms with van der Waals surface area (Å²) in [5.41, 5.74) is 12.3. The van der Waals surface area contributed by atoms with Crippen LogP contribution in [0, 0.1) is 0 Å². The van der Waals surface area contributed by atoms with E-state index in [1.165, 1.54) is 16.7 Å². The van der Waals surface area contributed by atoms with Gasteiger partial charge in [0, 0.05) is 13.0 Å². The van der Waals surface area contributed by atoms with Gasteiger partial charge >= 0.3 is 5.97 Å². The Hall–Kier alpha value is -2.63. The van der Waals surface area contributed by atoms with E-state index in [4.69, 9.17) is 11.5 Å². The predicted molar refractivity (Wildman–Crippen MR) is 140 cm³/mol. The highest BCUT2D eigenvalue weighted by Crippen LogP contribution is 2.20. The molecule has 0 radical (unpaired) electrons. The molecule has 4 atom stereocenters. The third kappa shape index (κ3) is 9.11. The van der Waals surface area contributed by atoms with E-state index in [0.29, 0.717) is 50.9 Å².